The first-order valence-electron chi connectivity index (χ1n) is 4.72. The zero-order valence-electron chi connectivity index (χ0n) is 8.54. The summed E-state index contributed by atoms with van der Waals surface area (Å²) in [5.41, 5.74) is 4.75. The van der Waals surface area contributed by atoms with Gasteiger partial charge in [0.25, 0.3) is 0 Å². The van der Waals surface area contributed by atoms with E-state index in [0.717, 1.165) is 19.4 Å². The number of amides is 1. The van der Waals surface area contributed by atoms with E-state index in [4.69, 9.17) is 17.0 Å². The fraction of sp³-hybridized carbons (Fsp3) is 0.750. The number of hydrazine groups is 1. The maximum absolute atomic E-state index is 10.7. The van der Waals surface area contributed by atoms with Crippen LogP contribution in [0.1, 0.15) is 12.8 Å². The van der Waals surface area contributed by atoms with Crippen molar-refractivity contribution in [3.8, 4) is 0 Å². The summed E-state index contributed by atoms with van der Waals surface area (Å²) in [6.45, 7) is 1.46. The van der Waals surface area contributed by atoms with Gasteiger partial charge in [0.1, 0.15) is 0 Å². The van der Waals surface area contributed by atoms with Crippen LogP contribution in [0, 0.1) is 0 Å². The highest BCUT2D eigenvalue weighted by Crippen LogP contribution is 2.10. The Morgan fingerprint density at radius 2 is 2.40 bits per heavy atom. The van der Waals surface area contributed by atoms with Crippen molar-refractivity contribution in [2.24, 2.45) is 0 Å². The van der Waals surface area contributed by atoms with Gasteiger partial charge in [0.2, 0.25) is 0 Å². The predicted molar refractivity (Wildman–Crippen MR) is 58.3 cm³/mol. The van der Waals surface area contributed by atoms with Crippen LogP contribution in [0.5, 0.6) is 0 Å². The van der Waals surface area contributed by atoms with Crippen LogP contribution < -0.4 is 16.2 Å². The molecular formula is C8H15N3O3S. The van der Waals surface area contributed by atoms with Crippen LogP contribution in [0.2, 0.25) is 0 Å². The summed E-state index contributed by atoms with van der Waals surface area (Å²) in [7, 11) is 1.28. The van der Waals surface area contributed by atoms with Crippen molar-refractivity contribution in [2.45, 2.75) is 18.9 Å². The first kappa shape index (κ1) is 12.0. The van der Waals surface area contributed by atoms with E-state index in [-0.39, 0.29) is 6.10 Å². The second-order valence-electron chi connectivity index (χ2n) is 3.09. The van der Waals surface area contributed by atoms with Crippen LogP contribution in [0.15, 0.2) is 0 Å². The lowest BCUT2D eigenvalue weighted by molar-refractivity contribution is 0.114. The topological polar surface area (TPSA) is 71.6 Å². The SMILES string of the molecule is COC(=O)NNC(=S)NCC1CCCO1. The summed E-state index contributed by atoms with van der Waals surface area (Å²) in [6.07, 6.45) is 1.76. The molecule has 0 radical (unpaired) electrons. The minimum absolute atomic E-state index is 0.211. The second-order valence-corrected chi connectivity index (χ2v) is 3.49. The highest BCUT2D eigenvalue weighted by atomic mass is 32.1. The van der Waals surface area contributed by atoms with Crippen LogP contribution >= 0.6 is 12.2 Å². The van der Waals surface area contributed by atoms with E-state index in [9.17, 15) is 4.79 Å². The van der Waals surface area contributed by atoms with Crippen molar-refractivity contribution in [1.29, 1.82) is 0 Å². The Bertz CT molecular complexity index is 231. The summed E-state index contributed by atoms with van der Waals surface area (Å²) in [4.78, 5) is 10.7. The minimum atomic E-state index is -0.587. The van der Waals surface area contributed by atoms with Gasteiger partial charge in [-0.05, 0) is 25.1 Å². The van der Waals surface area contributed by atoms with Gasteiger partial charge in [0.05, 0.1) is 13.2 Å². The van der Waals surface area contributed by atoms with E-state index < -0.39 is 6.09 Å². The highest BCUT2D eigenvalue weighted by Gasteiger charge is 2.15. The zero-order valence-corrected chi connectivity index (χ0v) is 9.36. The zero-order chi connectivity index (χ0) is 11.1. The number of hydrogen-bond donors (Lipinski definition) is 3. The van der Waals surface area contributed by atoms with Gasteiger partial charge in [-0.2, -0.15) is 0 Å². The Hall–Kier alpha value is -1.08. The maximum atomic E-state index is 10.7. The predicted octanol–water partition coefficient (Wildman–Crippen LogP) is -0.0995. The van der Waals surface area contributed by atoms with Crippen LogP contribution in [0.3, 0.4) is 0 Å². The Balaban J connectivity index is 2.05. The van der Waals surface area contributed by atoms with E-state index in [2.05, 4.69) is 20.9 Å². The van der Waals surface area contributed by atoms with Crippen molar-refractivity contribution < 1.29 is 14.3 Å². The molecule has 1 aliphatic rings. The fourth-order valence-electron chi connectivity index (χ4n) is 1.21. The van der Waals surface area contributed by atoms with E-state index >= 15 is 0 Å². The van der Waals surface area contributed by atoms with Gasteiger partial charge >= 0.3 is 6.09 Å². The van der Waals surface area contributed by atoms with Crippen molar-refractivity contribution in [1.82, 2.24) is 16.2 Å². The molecule has 0 aromatic carbocycles. The summed E-state index contributed by atoms with van der Waals surface area (Å²) >= 11 is 4.91. The van der Waals surface area contributed by atoms with Gasteiger partial charge in [0.15, 0.2) is 5.11 Å². The van der Waals surface area contributed by atoms with Crippen molar-refractivity contribution in [3.05, 3.63) is 0 Å². The number of ether oxygens (including phenoxy) is 2. The number of nitrogens with one attached hydrogen (secondary N) is 3. The van der Waals surface area contributed by atoms with Gasteiger partial charge < -0.3 is 14.8 Å². The molecule has 0 bridgehead atoms. The first-order valence-corrected chi connectivity index (χ1v) is 5.12. The molecule has 0 spiro atoms. The molecule has 0 aromatic heterocycles. The molecule has 1 atom stereocenters. The minimum Gasteiger partial charge on any atom is -0.452 e. The van der Waals surface area contributed by atoms with Gasteiger partial charge in [-0.1, -0.05) is 0 Å². The number of rotatable bonds is 2. The smallest absolute Gasteiger partial charge is 0.425 e. The molecule has 1 heterocycles. The highest BCUT2D eigenvalue weighted by molar-refractivity contribution is 7.80. The quantitative estimate of drug-likeness (QED) is 0.457. The number of thiocarbonyl (C=S) groups is 1. The molecule has 6 nitrogen and oxygen atoms in total. The molecule has 1 rings (SSSR count). The monoisotopic (exact) mass is 233 g/mol. The van der Waals surface area contributed by atoms with Gasteiger partial charge in [-0.25, -0.2) is 10.2 Å². The fourth-order valence-corrected chi connectivity index (χ4v) is 1.35. The normalized spacial score (nSPS) is 19.4. The van der Waals surface area contributed by atoms with Gasteiger partial charge in [-0.3, -0.25) is 5.43 Å². The van der Waals surface area contributed by atoms with E-state index in [0.29, 0.717) is 11.7 Å². The first-order chi connectivity index (χ1) is 7.22. The molecule has 3 N–H and O–H groups in total. The molecule has 0 aromatic rings. The van der Waals surface area contributed by atoms with Crippen molar-refractivity contribution >= 4 is 23.4 Å². The summed E-state index contributed by atoms with van der Waals surface area (Å²) < 4.78 is 9.74. The summed E-state index contributed by atoms with van der Waals surface area (Å²) in [6, 6.07) is 0. The molecular weight excluding hydrogens is 218 g/mol. The number of carbonyl (C=O) groups excluding carboxylic acids is 1. The molecule has 0 aliphatic carbocycles. The third-order valence-corrected chi connectivity index (χ3v) is 2.22. The third kappa shape index (κ3) is 4.80. The lowest BCUT2D eigenvalue weighted by Crippen LogP contribution is -2.48. The number of carbonyl (C=O) groups is 1. The van der Waals surface area contributed by atoms with E-state index in [1.54, 1.807) is 0 Å². The summed E-state index contributed by atoms with van der Waals surface area (Å²) in [5.74, 6) is 0. The van der Waals surface area contributed by atoms with Crippen molar-refractivity contribution in [2.75, 3.05) is 20.3 Å². The molecule has 0 saturated carbocycles. The number of hydrogen-bond acceptors (Lipinski definition) is 4. The van der Waals surface area contributed by atoms with Crippen LogP contribution in [0.4, 0.5) is 4.79 Å². The Morgan fingerprint density at radius 1 is 1.60 bits per heavy atom. The maximum Gasteiger partial charge on any atom is 0.425 e. The lowest BCUT2D eigenvalue weighted by atomic mass is 10.2. The molecule has 86 valence electrons. The molecule has 15 heavy (non-hydrogen) atoms. The third-order valence-electron chi connectivity index (χ3n) is 1.98. The summed E-state index contributed by atoms with van der Waals surface area (Å²) in [5, 5.41) is 3.27. The molecule has 1 unspecified atom stereocenters. The number of methoxy groups -OCH3 is 1. The lowest BCUT2D eigenvalue weighted by Gasteiger charge is -2.13. The average molecular weight is 233 g/mol. The molecule has 7 heteroatoms. The van der Waals surface area contributed by atoms with Crippen LogP contribution in [0.25, 0.3) is 0 Å². The molecule has 1 fully saturated rings. The molecule has 1 saturated heterocycles. The van der Waals surface area contributed by atoms with E-state index in [1.807, 2.05) is 0 Å². The largest absolute Gasteiger partial charge is 0.452 e. The Morgan fingerprint density at radius 3 is 3.00 bits per heavy atom. The average Bonchev–Trinajstić information content (AvgIpc) is 2.75. The standard InChI is InChI=1S/C8H15N3O3S/c1-13-8(12)11-10-7(15)9-5-6-3-2-4-14-6/h6H,2-5H2,1H3,(H,11,12)(H2,9,10,15). The second kappa shape index (κ2) is 6.41. The van der Waals surface area contributed by atoms with Gasteiger partial charge in [-0.15, -0.1) is 0 Å². The van der Waals surface area contributed by atoms with Gasteiger partial charge in [0, 0.05) is 13.2 Å². The Labute approximate surface area is 93.7 Å². The Kier molecular flexibility index (Phi) is 5.13. The molecule has 1 aliphatic heterocycles. The van der Waals surface area contributed by atoms with Crippen LogP contribution in [-0.4, -0.2) is 37.6 Å². The van der Waals surface area contributed by atoms with E-state index in [1.165, 1.54) is 7.11 Å². The molecule has 1 amide bonds. The van der Waals surface area contributed by atoms with Crippen LogP contribution in [-0.2, 0) is 9.47 Å². The van der Waals surface area contributed by atoms with Crippen molar-refractivity contribution in [3.63, 3.8) is 0 Å².